The number of nitrogens with zero attached hydrogens (tertiary/aromatic N) is 2. The van der Waals surface area contributed by atoms with Crippen LogP contribution in [0.5, 0.6) is 23.3 Å². The normalized spacial score (nSPS) is 11.8. The fourth-order valence-corrected chi connectivity index (χ4v) is 7.06. The van der Waals surface area contributed by atoms with E-state index in [1.54, 1.807) is 65.4 Å². The molecule has 4 aromatic heterocycles. The van der Waals surface area contributed by atoms with Crippen molar-refractivity contribution in [1.29, 1.82) is 0 Å². The van der Waals surface area contributed by atoms with Crippen molar-refractivity contribution >= 4 is 44.7 Å². The Labute approximate surface area is 347 Å². The van der Waals surface area contributed by atoms with Gasteiger partial charge in [0.1, 0.15) is 23.6 Å². The summed E-state index contributed by atoms with van der Waals surface area (Å²) in [5, 5.41) is 8.50. The average molecular weight is 803 g/mol. The smallest absolute Gasteiger partial charge is 0.212 e. The third kappa shape index (κ3) is 8.77. The molecule has 0 saturated heterocycles. The number of hydrogen-bond acceptors (Lipinski definition) is 10. The van der Waals surface area contributed by atoms with E-state index in [0.717, 1.165) is 55.4 Å². The first-order valence-electron chi connectivity index (χ1n) is 19.2. The number of fused-ring (bicyclic) bond motifs is 2. The monoisotopic (exact) mass is 802 g/mol. The van der Waals surface area contributed by atoms with Crippen molar-refractivity contribution in [3.05, 3.63) is 167 Å². The quantitative estimate of drug-likeness (QED) is 0.0782. The summed E-state index contributed by atoms with van der Waals surface area (Å²) in [6.45, 7) is 4.04. The molecule has 0 amide bonds. The number of para-hydroxylation sites is 2. The summed E-state index contributed by atoms with van der Waals surface area (Å²) in [5.41, 5.74) is 8.41. The number of pyridine rings is 2. The van der Waals surface area contributed by atoms with Gasteiger partial charge in [0.25, 0.3) is 0 Å². The second kappa shape index (κ2) is 18.3. The number of methoxy groups -OCH3 is 4. The standard InChI is InChI=1S/2C24H23N3O3/c2*1-15-6-4-9-19-20(14-26-22(15)19)24(28)23(16-10-11-21(30-3)25-13-16)27-17-7-5-8-18(12-17)29-2/h2*4-14,23,26-27H,1-3H3. The SMILES string of the molecule is COc1cccc(NC(C(=O)c2c[nH]c3c(C)cccc23)c2ccc(OC)nc2)c1.COc1cccc(NC(C(=O)c2c[nH]c3c(C)cccc23)c2ccc(OC)nc2)c1. The Kier molecular flexibility index (Phi) is 12.4. The van der Waals surface area contributed by atoms with Crippen LogP contribution >= 0.6 is 0 Å². The van der Waals surface area contributed by atoms with E-state index in [0.29, 0.717) is 34.4 Å². The minimum absolute atomic E-state index is 0.0540. The van der Waals surface area contributed by atoms with E-state index in [1.165, 1.54) is 0 Å². The van der Waals surface area contributed by atoms with Crippen molar-refractivity contribution in [2.75, 3.05) is 39.1 Å². The fraction of sp³-hybridized carbons (Fsp3) is 0.167. The van der Waals surface area contributed by atoms with E-state index in [9.17, 15) is 9.59 Å². The van der Waals surface area contributed by atoms with Crippen LogP contribution in [0.1, 0.15) is 55.1 Å². The molecule has 8 aromatic rings. The molecule has 60 heavy (non-hydrogen) atoms. The summed E-state index contributed by atoms with van der Waals surface area (Å²) >= 11 is 0. The van der Waals surface area contributed by atoms with Gasteiger partial charge >= 0.3 is 0 Å². The van der Waals surface area contributed by atoms with Crippen molar-refractivity contribution < 1.29 is 28.5 Å². The Balaban J connectivity index is 0.000000181. The summed E-state index contributed by atoms with van der Waals surface area (Å²) in [4.78, 5) is 42.4. The third-order valence-corrected chi connectivity index (χ3v) is 10.3. The minimum atomic E-state index is -0.630. The number of aryl methyl sites for hydroxylation is 2. The molecule has 12 heteroatoms. The van der Waals surface area contributed by atoms with Crippen LogP contribution in [-0.2, 0) is 0 Å². The molecular weight excluding hydrogens is 757 g/mol. The number of anilines is 2. The Morgan fingerprint density at radius 1 is 0.533 bits per heavy atom. The topological polar surface area (TPSA) is 152 Å². The molecule has 4 heterocycles. The number of carbonyl (C=O) groups excluding carboxylic acids is 2. The van der Waals surface area contributed by atoms with Crippen LogP contribution in [0.15, 0.2) is 134 Å². The highest BCUT2D eigenvalue weighted by molar-refractivity contribution is 6.13. The largest absolute Gasteiger partial charge is 0.497 e. The second-order valence-electron chi connectivity index (χ2n) is 14.0. The Morgan fingerprint density at radius 2 is 0.950 bits per heavy atom. The number of aromatic nitrogens is 4. The number of aromatic amines is 2. The van der Waals surface area contributed by atoms with Crippen molar-refractivity contribution in [2.24, 2.45) is 0 Å². The lowest BCUT2D eigenvalue weighted by Crippen LogP contribution is -2.21. The highest BCUT2D eigenvalue weighted by atomic mass is 16.5. The van der Waals surface area contributed by atoms with E-state index in [4.69, 9.17) is 18.9 Å². The number of rotatable bonds is 14. The molecule has 0 aliphatic rings. The van der Waals surface area contributed by atoms with Crippen molar-refractivity contribution in [3.8, 4) is 23.3 Å². The zero-order chi connectivity index (χ0) is 42.2. The molecule has 0 aliphatic heterocycles. The first-order valence-corrected chi connectivity index (χ1v) is 19.2. The molecule has 0 bridgehead atoms. The van der Waals surface area contributed by atoms with Gasteiger partial charge in [-0.05, 0) is 61.4 Å². The van der Waals surface area contributed by atoms with Crippen LogP contribution in [-0.4, -0.2) is 59.9 Å². The summed E-state index contributed by atoms with van der Waals surface area (Å²) in [7, 11) is 6.35. The number of Topliss-reactive ketones (excluding diaryl/α,β-unsaturated/α-hetero) is 2. The molecule has 0 radical (unpaired) electrons. The van der Waals surface area contributed by atoms with Crippen molar-refractivity contribution in [1.82, 2.24) is 19.9 Å². The van der Waals surface area contributed by atoms with Gasteiger partial charge in [-0.1, -0.05) is 48.5 Å². The predicted octanol–water partition coefficient (Wildman–Crippen LogP) is 9.85. The molecule has 0 spiro atoms. The zero-order valence-electron chi connectivity index (χ0n) is 34.2. The number of carbonyl (C=O) groups is 2. The van der Waals surface area contributed by atoms with Crippen molar-refractivity contribution in [2.45, 2.75) is 25.9 Å². The lowest BCUT2D eigenvalue weighted by atomic mass is 9.97. The van der Waals surface area contributed by atoms with E-state index in [2.05, 4.69) is 30.6 Å². The van der Waals surface area contributed by atoms with Gasteiger partial charge < -0.3 is 39.5 Å². The van der Waals surface area contributed by atoms with Gasteiger partial charge in [0, 0.05) is 104 Å². The van der Waals surface area contributed by atoms with E-state index in [1.807, 2.05) is 111 Å². The molecule has 4 N–H and O–H groups in total. The van der Waals surface area contributed by atoms with Crippen LogP contribution in [0, 0.1) is 13.8 Å². The summed E-state index contributed by atoms with van der Waals surface area (Å²) < 4.78 is 21.0. The van der Waals surface area contributed by atoms with Crippen LogP contribution < -0.4 is 29.6 Å². The average Bonchev–Trinajstić information content (AvgIpc) is 3.94. The van der Waals surface area contributed by atoms with Gasteiger partial charge in [-0.15, -0.1) is 0 Å². The molecule has 8 rings (SSSR count). The highest BCUT2D eigenvalue weighted by Crippen LogP contribution is 2.32. The maximum absolute atomic E-state index is 13.7. The summed E-state index contributed by atoms with van der Waals surface area (Å²) in [6.07, 6.45) is 6.87. The van der Waals surface area contributed by atoms with Gasteiger partial charge in [-0.2, -0.15) is 0 Å². The van der Waals surface area contributed by atoms with Gasteiger partial charge in [-0.25, -0.2) is 9.97 Å². The molecule has 0 saturated carbocycles. The molecular formula is C48H46N6O6. The Bertz CT molecular complexity index is 2550. The molecule has 304 valence electrons. The maximum atomic E-state index is 13.7. The van der Waals surface area contributed by atoms with E-state index >= 15 is 0 Å². The van der Waals surface area contributed by atoms with Gasteiger partial charge in [0.05, 0.1) is 28.4 Å². The van der Waals surface area contributed by atoms with Gasteiger partial charge in [0.2, 0.25) is 11.8 Å². The molecule has 0 aliphatic carbocycles. The fourth-order valence-electron chi connectivity index (χ4n) is 7.06. The lowest BCUT2D eigenvalue weighted by Gasteiger charge is -2.19. The molecule has 4 aromatic carbocycles. The number of ketones is 2. The minimum Gasteiger partial charge on any atom is -0.497 e. The molecule has 2 unspecified atom stereocenters. The van der Waals surface area contributed by atoms with Crippen LogP contribution in [0.2, 0.25) is 0 Å². The maximum Gasteiger partial charge on any atom is 0.212 e. The molecule has 2 atom stereocenters. The highest BCUT2D eigenvalue weighted by Gasteiger charge is 2.27. The number of ether oxygens (including phenoxy) is 4. The van der Waals surface area contributed by atoms with Gasteiger partial charge in [-0.3, -0.25) is 9.59 Å². The Hall–Kier alpha value is -7.60. The summed E-state index contributed by atoms with van der Waals surface area (Å²) in [6, 6.07) is 32.8. The molecule has 0 fully saturated rings. The van der Waals surface area contributed by atoms with Crippen LogP contribution in [0.25, 0.3) is 21.8 Å². The number of hydrogen-bond donors (Lipinski definition) is 4. The van der Waals surface area contributed by atoms with Crippen LogP contribution in [0.4, 0.5) is 11.4 Å². The molecule has 12 nitrogen and oxygen atoms in total. The van der Waals surface area contributed by atoms with E-state index < -0.39 is 12.1 Å². The number of benzene rings is 4. The summed E-state index contributed by atoms with van der Waals surface area (Å²) in [5.74, 6) is 2.30. The lowest BCUT2D eigenvalue weighted by molar-refractivity contribution is 0.0963. The predicted molar refractivity (Wildman–Crippen MR) is 235 cm³/mol. The van der Waals surface area contributed by atoms with Crippen molar-refractivity contribution in [3.63, 3.8) is 0 Å². The first-order chi connectivity index (χ1) is 29.2. The zero-order valence-corrected chi connectivity index (χ0v) is 34.2. The van der Waals surface area contributed by atoms with E-state index in [-0.39, 0.29) is 11.6 Å². The number of H-pyrrole nitrogens is 2. The number of nitrogens with one attached hydrogen (secondary N) is 4. The first kappa shape index (κ1) is 40.6. The van der Waals surface area contributed by atoms with Crippen LogP contribution in [0.3, 0.4) is 0 Å². The second-order valence-corrected chi connectivity index (χ2v) is 14.0. The third-order valence-electron chi connectivity index (χ3n) is 10.3. The van der Waals surface area contributed by atoms with Gasteiger partial charge in [0.15, 0.2) is 11.6 Å². The Morgan fingerprint density at radius 3 is 1.32 bits per heavy atom.